The van der Waals surface area contributed by atoms with Gasteiger partial charge >= 0.3 is 0 Å². The minimum atomic E-state index is 0.475. The molecule has 14 heavy (non-hydrogen) atoms. The molecule has 0 heterocycles. The first kappa shape index (κ1) is 12.0. The van der Waals surface area contributed by atoms with E-state index in [9.17, 15) is 0 Å². The smallest absolute Gasteiger partial charge is 0.00934 e. The van der Waals surface area contributed by atoms with Gasteiger partial charge in [0.1, 0.15) is 0 Å². The zero-order chi connectivity index (χ0) is 10.6. The Balaban J connectivity index is 2.26. The maximum absolute atomic E-state index is 5.91. The largest absolute Gasteiger partial charge is 0.328 e. The molecular formula is C12H26N2. The summed E-state index contributed by atoms with van der Waals surface area (Å²) < 4.78 is 0. The molecule has 1 saturated carbocycles. The lowest BCUT2D eigenvalue weighted by atomic mass is 9.90. The molecule has 0 amide bonds. The van der Waals surface area contributed by atoms with E-state index >= 15 is 0 Å². The van der Waals surface area contributed by atoms with E-state index in [1.807, 2.05) is 0 Å². The molecule has 2 heteroatoms. The second kappa shape index (κ2) is 5.72. The third kappa shape index (κ3) is 3.58. The zero-order valence-corrected chi connectivity index (χ0v) is 10.00. The maximum Gasteiger partial charge on any atom is 0.00934 e. The van der Waals surface area contributed by atoms with Gasteiger partial charge in [-0.2, -0.15) is 0 Å². The van der Waals surface area contributed by atoms with Gasteiger partial charge < -0.3 is 10.6 Å². The Bertz CT molecular complexity index is 150. The number of rotatable bonds is 4. The van der Waals surface area contributed by atoms with Crippen LogP contribution in [0.4, 0.5) is 0 Å². The standard InChI is InChI=1S/C12H26N2/c1-4-10(2)9-14(3)12-7-5-11(13)6-8-12/h10-12H,4-9,13H2,1-3H3. The second-order valence-corrected chi connectivity index (χ2v) is 5.02. The molecular weight excluding hydrogens is 172 g/mol. The van der Waals surface area contributed by atoms with Crippen molar-refractivity contribution in [2.45, 2.75) is 58.0 Å². The van der Waals surface area contributed by atoms with E-state index in [-0.39, 0.29) is 0 Å². The second-order valence-electron chi connectivity index (χ2n) is 5.02. The summed E-state index contributed by atoms with van der Waals surface area (Å²) in [4.78, 5) is 2.54. The number of nitrogens with two attached hydrogens (primary N) is 1. The van der Waals surface area contributed by atoms with Crippen molar-refractivity contribution in [3.63, 3.8) is 0 Å². The van der Waals surface area contributed by atoms with E-state index < -0.39 is 0 Å². The van der Waals surface area contributed by atoms with Crippen molar-refractivity contribution in [2.24, 2.45) is 11.7 Å². The molecule has 1 aliphatic carbocycles. The predicted octanol–water partition coefficient (Wildman–Crippen LogP) is 2.23. The topological polar surface area (TPSA) is 29.3 Å². The molecule has 1 fully saturated rings. The lowest BCUT2D eigenvalue weighted by Gasteiger charge is -2.34. The Labute approximate surface area is 88.8 Å². The summed E-state index contributed by atoms with van der Waals surface area (Å²) in [6, 6.07) is 1.27. The van der Waals surface area contributed by atoms with Gasteiger partial charge in [0.05, 0.1) is 0 Å². The number of hydrogen-bond acceptors (Lipinski definition) is 2. The molecule has 1 unspecified atom stereocenters. The molecule has 0 radical (unpaired) electrons. The zero-order valence-electron chi connectivity index (χ0n) is 10.00. The fourth-order valence-corrected chi connectivity index (χ4v) is 2.31. The van der Waals surface area contributed by atoms with E-state index in [1.54, 1.807) is 0 Å². The van der Waals surface area contributed by atoms with Gasteiger partial charge in [-0.05, 0) is 38.6 Å². The van der Waals surface area contributed by atoms with E-state index in [0.717, 1.165) is 12.0 Å². The van der Waals surface area contributed by atoms with Crippen LogP contribution >= 0.6 is 0 Å². The van der Waals surface area contributed by atoms with Crippen LogP contribution in [0.2, 0.25) is 0 Å². The highest BCUT2D eigenvalue weighted by Crippen LogP contribution is 2.22. The van der Waals surface area contributed by atoms with Gasteiger partial charge in [0.25, 0.3) is 0 Å². The van der Waals surface area contributed by atoms with Crippen LogP contribution in [-0.2, 0) is 0 Å². The Morgan fingerprint density at radius 3 is 2.36 bits per heavy atom. The average molecular weight is 198 g/mol. The predicted molar refractivity (Wildman–Crippen MR) is 62.3 cm³/mol. The summed E-state index contributed by atoms with van der Waals surface area (Å²) in [6.07, 6.45) is 6.32. The minimum Gasteiger partial charge on any atom is -0.328 e. The summed E-state index contributed by atoms with van der Waals surface area (Å²) in [6.45, 7) is 5.86. The first-order valence-corrected chi connectivity index (χ1v) is 6.09. The highest BCUT2D eigenvalue weighted by Gasteiger charge is 2.22. The van der Waals surface area contributed by atoms with E-state index in [4.69, 9.17) is 5.73 Å². The van der Waals surface area contributed by atoms with Gasteiger partial charge in [-0.3, -0.25) is 0 Å². The van der Waals surface area contributed by atoms with Crippen LogP contribution < -0.4 is 5.73 Å². The average Bonchev–Trinajstić information content (AvgIpc) is 2.18. The highest BCUT2D eigenvalue weighted by molar-refractivity contribution is 4.80. The van der Waals surface area contributed by atoms with Crippen LogP contribution in [0.1, 0.15) is 46.0 Å². The minimum absolute atomic E-state index is 0.475. The molecule has 0 aromatic heterocycles. The molecule has 84 valence electrons. The third-order valence-electron chi connectivity index (χ3n) is 3.66. The van der Waals surface area contributed by atoms with Gasteiger partial charge in [-0.15, -0.1) is 0 Å². The molecule has 0 spiro atoms. The fraction of sp³-hybridized carbons (Fsp3) is 1.00. The summed E-state index contributed by atoms with van der Waals surface area (Å²) in [5.41, 5.74) is 5.91. The van der Waals surface area contributed by atoms with Gasteiger partial charge in [-0.25, -0.2) is 0 Å². The molecule has 0 aliphatic heterocycles. The van der Waals surface area contributed by atoms with Crippen LogP contribution in [-0.4, -0.2) is 30.6 Å². The van der Waals surface area contributed by atoms with Crippen LogP contribution in [0.25, 0.3) is 0 Å². The molecule has 0 aromatic rings. The SMILES string of the molecule is CCC(C)CN(C)C1CCC(N)CC1. The van der Waals surface area contributed by atoms with Gasteiger partial charge in [0, 0.05) is 18.6 Å². The first-order valence-electron chi connectivity index (χ1n) is 6.09. The molecule has 2 nitrogen and oxygen atoms in total. The number of nitrogens with zero attached hydrogens (tertiary/aromatic N) is 1. The Hall–Kier alpha value is -0.0800. The maximum atomic E-state index is 5.91. The summed E-state index contributed by atoms with van der Waals surface area (Å²) in [5.74, 6) is 0.829. The Kier molecular flexibility index (Phi) is 4.90. The molecule has 0 bridgehead atoms. The molecule has 1 aliphatic rings. The third-order valence-corrected chi connectivity index (χ3v) is 3.66. The van der Waals surface area contributed by atoms with Crippen molar-refractivity contribution in [1.82, 2.24) is 4.90 Å². The molecule has 0 aromatic carbocycles. The monoisotopic (exact) mass is 198 g/mol. The molecule has 1 atom stereocenters. The molecule has 0 saturated heterocycles. The quantitative estimate of drug-likeness (QED) is 0.750. The summed E-state index contributed by atoms with van der Waals surface area (Å²) in [7, 11) is 2.27. The van der Waals surface area contributed by atoms with Crippen LogP contribution in [0.5, 0.6) is 0 Å². The Morgan fingerprint density at radius 2 is 1.86 bits per heavy atom. The number of hydrogen-bond donors (Lipinski definition) is 1. The van der Waals surface area contributed by atoms with Gasteiger partial charge in [-0.1, -0.05) is 20.3 Å². The van der Waals surface area contributed by atoms with Crippen LogP contribution in [0.15, 0.2) is 0 Å². The van der Waals surface area contributed by atoms with Crippen molar-refractivity contribution in [2.75, 3.05) is 13.6 Å². The fourth-order valence-electron chi connectivity index (χ4n) is 2.31. The van der Waals surface area contributed by atoms with Crippen LogP contribution in [0, 0.1) is 5.92 Å². The highest BCUT2D eigenvalue weighted by atomic mass is 15.1. The van der Waals surface area contributed by atoms with E-state index in [1.165, 1.54) is 38.6 Å². The van der Waals surface area contributed by atoms with Crippen LogP contribution in [0.3, 0.4) is 0 Å². The van der Waals surface area contributed by atoms with E-state index in [2.05, 4.69) is 25.8 Å². The first-order chi connectivity index (χ1) is 6.63. The van der Waals surface area contributed by atoms with Crippen molar-refractivity contribution >= 4 is 0 Å². The van der Waals surface area contributed by atoms with Crippen molar-refractivity contribution in [1.29, 1.82) is 0 Å². The van der Waals surface area contributed by atoms with Crippen molar-refractivity contribution in [3.05, 3.63) is 0 Å². The van der Waals surface area contributed by atoms with Gasteiger partial charge in [0.15, 0.2) is 0 Å². The lowest BCUT2D eigenvalue weighted by molar-refractivity contribution is 0.162. The van der Waals surface area contributed by atoms with Gasteiger partial charge in [0.2, 0.25) is 0 Å². The van der Waals surface area contributed by atoms with Crippen molar-refractivity contribution < 1.29 is 0 Å². The van der Waals surface area contributed by atoms with Crippen molar-refractivity contribution in [3.8, 4) is 0 Å². The Morgan fingerprint density at radius 1 is 1.29 bits per heavy atom. The lowest BCUT2D eigenvalue weighted by Crippen LogP contribution is -2.40. The van der Waals surface area contributed by atoms with E-state index in [0.29, 0.717) is 6.04 Å². The summed E-state index contributed by atoms with van der Waals surface area (Å²) >= 11 is 0. The summed E-state index contributed by atoms with van der Waals surface area (Å²) in [5, 5.41) is 0. The molecule has 1 rings (SSSR count). The normalized spacial score (nSPS) is 30.6. The molecule has 2 N–H and O–H groups in total.